The normalized spacial score (nSPS) is 11.1. The highest BCUT2D eigenvalue weighted by atomic mass is 35.5. The first-order valence-corrected chi connectivity index (χ1v) is 12.1. The van der Waals surface area contributed by atoms with E-state index < -0.39 is 0 Å². The smallest absolute Gasteiger partial charge is 0.219 e. The molecule has 5 nitrogen and oxygen atoms in total. The quantitative estimate of drug-likeness (QED) is 0.317. The second kappa shape index (κ2) is 12.5. The average Bonchev–Trinajstić information content (AvgIpc) is 3.15. The standard InChI is InChI=1S/C26H34ClN3O2/c1-3-26(31)28-16-8-4-5-13-25-29-23-11-6-7-12-24(23)30(25)17-9-10-18-32-21-14-15-22(27)20(2)19-21/h6-7,11-12,14-15,19H,3-5,8-10,13,16-18H2,1-2H3,(H,28,31). The van der Waals surface area contributed by atoms with Crippen LogP contribution in [-0.2, 0) is 17.8 Å². The van der Waals surface area contributed by atoms with Gasteiger partial charge in [-0.1, -0.05) is 37.1 Å². The molecule has 0 unspecified atom stereocenters. The van der Waals surface area contributed by atoms with Crippen LogP contribution in [0.4, 0.5) is 0 Å². The van der Waals surface area contributed by atoms with Crippen LogP contribution >= 0.6 is 11.6 Å². The monoisotopic (exact) mass is 455 g/mol. The van der Waals surface area contributed by atoms with Gasteiger partial charge in [0.25, 0.3) is 0 Å². The van der Waals surface area contributed by atoms with E-state index in [0.29, 0.717) is 13.0 Å². The number of nitrogens with zero attached hydrogens (tertiary/aromatic N) is 2. The van der Waals surface area contributed by atoms with Crippen molar-refractivity contribution in [2.75, 3.05) is 13.2 Å². The molecule has 2 aromatic carbocycles. The number of amides is 1. The van der Waals surface area contributed by atoms with Gasteiger partial charge < -0.3 is 14.6 Å². The summed E-state index contributed by atoms with van der Waals surface area (Å²) in [5, 5.41) is 3.71. The largest absolute Gasteiger partial charge is 0.494 e. The molecule has 3 rings (SSSR count). The van der Waals surface area contributed by atoms with Gasteiger partial charge >= 0.3 is 0 Å². The Morgan fingerprint density at radius 2 is 1.94 bits per heavy atom. The number of imidazole rings is 1. The van der Waals surface area contributed by atoms with Crippen LogP contribution < -0.4 is 10.1 Å². The van der Waals surface area contributed by atoms with E-state index in [1.807, 2.05) is 38.1 Å². The summed E-state index contributed by atoms with van der Waals surface area (Å²) in [5.41, 5.74) is 3.30. The average molecular weight is 456 g/mol. The molecule has 3 aromatic rings. The fourth-order valence-electron chi connectivity index (χ4n) is 3.77. The van der Waals surface area contributed by atoms with Crippen LogP contribution in [0.25, 0.3) is 11.0 Å². The summed E-state index contributed by atoms with van der Waals surface area (Å²) in [6.45, 7) is 6.25. The van der Waals surface area contributed by atoms with Crippen molar-refractivity contribution < 1.29 is 9.53 Å². The molecule has 0 aliphatic rings. The number of benzene rings is 2. The Hall–Kier alpha value is -2.53. The first-order valence-electron chi connectivity index (χ1n) is 11.7. The van der Waals surface area contributed by atoms with Crippen molar-refractivity contribution >= 4 is 28.5 Å². The Morgan fingerprint density at radius 1 is 1.09 bits per heavy atom. The van der Waals surface area contributed by atoms with E-state index in [9.17, 15) is 4.79 Å². The third-order valence-corrected chi connectivity index (χ3v) is 6.05. The van der Waals surface area contributed by atoms with Gasteiger partial charge in [-0.2, -0.15) is 0 Å². The number of nitrogens with one attached hydrogen (secondary N) is 1. The lowest BCUT2D eigenvalue weighted by Crippen LogP contribution is -2.23. The van der Waals surface area contributed by atoms with E-state index in [2.05, 4.69) is 28.1 Å². The predicted molar refractivity (Wildman–Crippen MR) is 132 cm³/mol. The molecule has 6 heteroatoms. The number of halogens is 1. The molecule has 32 heavy (non-hydrogen) atoms. The molecule has 1 amide bonds. The van der Waals surface area contributed by atoms with Crippen molar-refractivity contribution in [1.29, 1.82) is 0 Å². The molecule has 0 fully saturated rings. The molecule has 0 radical (unpaired) electrons. The molecule has 172 valence electrons. The Morgan fingerprint density at radius 3 is 2.75 bits per heavy atom. The SMILES string of the molecule is CCC(=O)NCCCCCc1nc2ccccc2n1CCCCOc1ccc(Cl)c(C)c1. The number of carbonyl (C=O) groups excluding carboxylic acids is 1. The molecule has 0 saturated heterocycles. The minimum atomic E-state index is 0.127. The van der Waals surface area contributed by atoms with Crippen molar-refractivity contribution in [3.8, 4) is 5.75 Å². The molecule has 1 N–H and O–H groups in total. The zero-order valence-corrected chi connectivity index (χ0v) is 20.0. The van der Waals surface area contributed by atoms with Gasteiger partial charge in [0.2, 0.25) is 5.91 Å². The molecule has 0 bridgehead atoms. The van der Waals surface area contributed by atoms with Crippen LogP contribution in [0.5, 0.6) is 5.75 Å². The Kier molecular flexibility index (Phi) is 9.42. The number of aryl methyl sites for hydroxylation is 3. The second-order valence-corrected chi connectivity index (χ2v) is 8.56. The first kappa shape index (κ1) is 24.1. The topological polar surface area (TPSA) is 56.2 Å². The number of carbonyl (C=O) groups is 1. The summed E-state index contributed by atoms with van der Waals surface area (Å²) in [6.07, 6.45) is 6.68. The molecule has 0 aliphatic heterocycles. The molecule has 1 heterocycles. The molecular formula is C26H34ClN3O2. The maximum atomic E-state index is 11.3. The summed E-state index contributed by atoms with van der Waals surface area (Å²) < 4.78 is 8.25. The summed E-state index contributed by atoms with van der Waals surface area (Å²) in [6, 6.07) is 14.1. The number of unbranched alkanes of at least 4 members (excludes halogenated alkanes) is 3. The van der Waals surface area contributed by atoms with E-state index in [-0.39, 0.29) is 5.91 Å². The third-order valence-electron chi connectivity index (χ3n) is 5.63. The highest BCUT2D eigenvalue weighted by Crippen LogP contribution is 2.22. The molecule has 0 aliphatic carbocycles. The minimum absolute atomic E-state index is 0.127. The van der Waals surface area contributed by atoms with Gasteiger partial charge in [0.05, 0.1) is 17.6 Å². The van der Waals surface area contributed by atoms with E-state index in [1.165, 1.54) is 5.52 Å². The number of hydrogen-bond acceptors (Lipinski definition) is 3. The lowest BCUT2D eigenvalue weighted by Gasteiger charge is -2.11. The van der Waals surface area contributed by atoms with Crippen LogP contribution in [0.2, 0.25) is 5.02 Å². The van der Waals surface area contributed by atoms with Crippen molar-refractivity contribution in [3.63, 3.8) is 0 Å². The van der Waals surface area contributed by atoms with Crippen molar-refractivity contribution in [2.45, 2.75) is 65.3 Å². The van der Waals surface area contributed by atoms with Crippen LogP contribution in [0.15, 0.2) is 42.5 Å². The van der Waals surface area contributed by atoms with E-state index in [4.69, 9.17) is 21.3 Å². The summed E-state index contributed by atoms with van der Waals surface area (Å²) in [5.74, 6) is 2.15. The van der Waals surface area contributed by atoms with E-state index >= 15 is 0 Å². The van der Waals surface area contributed by atoms with Crippen LogP contribution in [0.1, 0.15) is 56.8 Å². The van der Waals surface area contributed by atoms with Crippen molar-refractivity contribution in [2.24, 2.45) is 0 Å². The molecule has 0 spiro atoms. The fourth-order valence-corrected chi connectivity index (χ4v) is 3.89. The highest BCUT2D eigenvalue weighted by Gasteiger charge is 2.10. The summed E-state index contributed by atoms with van der Waals surface area (Å²) >= 11 is 6.08. The summed E-state index contributed by atoms with van der Waals surface area (Å²) in [4.78, 5) is 16.2. The predicted octanol–water partition coefficient (Wildman–Crippen LogP) is 6.10. The number of aromatic nitrogens is 2. The van der Waals surface area contributed by atoms with Gasteiger partial charge in [-0.3, -0.25) is 4.79 Å². The van der Waals surface area contributed by atoms with E-state index in [1.54, 1.807) is 0 Å². The maximum absolute atomic E-state index is 11.3. The van der Waals surface area contributed by atoms with Gasteiger partial charge in [0, 0.05) is 31.0 Å². The number of ether oxygens (including phenoxy) is 1. The van der Waals surface area contributed by atoms with Crippen molar-refractivity contribution in [1.82, 2.24) is 14.9 Å². The Labute approximate surface area is 196 Å². The molecule has 1 aromatic heterocycles. The zero-order chi connectivity index (χ0) is 22.8. The number of para-hydroxylation sites is 2. The van der Waals surface area contributed by atoms with E-state index in [0.717, 1.165) is 79.3 Å². The highest BCUT2D eigenvalue weighted by molar-refractivity contribution is 6.31. The fraction of sp³-hybridized carbons (Fsp3) is 0.462. The third kappa shape index (κ3) is 6.99. The maximum Gasteiger partial charge on any atom is 0.219 e. The number of rotatable bonds is 13. The van der Waals surface area contributed by atoms with Crippen LogP contribution in [0.3, 0.4) is 0 Å². The molecule has 0 atom stereocenters. The second-order valence-electron chi connectivity index (χ2n) is 8.15. The number of fused-ring (bicyclic) bond motifs is 1. The van der Waals surface area contributed by atoms with Gasteiger partial charge in [0.15, 0.2) is 0 Å². The van der Waals surface area contributed by atoms with Crippen LogP contribution in [-0.4, -0.2) is 28.6 Å². The van der Waals surface area contributed by atoms with Gasteiger partial charge in [-0.15, -0.1) is 0 Å². The molecule has 0 saturated carbocycles. The van der Waals surface area contributed by atoms with Gasteiger partial charge in [-0.05, 0) is 68.5 Å². The summed E-state index contributed by atoms with van der Waals surface area (Å²) in [7, 11) is 0. The molecular weight excluding hydrogens is 422 g/mol. The van der Waals surface area contributed by atoms with Crippen molar-refractivity contribution in [3.05, 3.63) is 58.9 Å². The minimum Gasteiger partial charge on any atom is -0.494 e. The Bertz CT molecular complexity index is 1020. The van der Waals surface area contributed by atoms with Gasteiger partial charge in [-0.25, -0.2) is 4.98 Å². The first-order chi connectivity index (χ1) is 15.6. The zero-order valence-electron chi connectivity index (χ0n) is 19.2. The van der Waals surface area contributed by atoms with Gasteiger partial charge in [0.1, 0.15) is 11.6 Å². The number of hydrogen-bond donors (Lipinski definition) is 1. The lowest BCUT2D eigenvalue weighted by atomic mass is 10.2. The lowest BCUT2D eigenvalue weighted by molar-refractivity contribution is -0.120. The Balaban J connectivity index is 1.48. The van der Waals surface area contributed by atoms with Crippen LogP contribution in [0, 0.1) is 6.92 Å².